The Hall–Kier alpha value is -1.77. The van der Waals surface area contributed by atoms with Crippen molar-refractivity contribution in [1.82, 2.24) is 0 Å². The van der Waals surface area contributed by atoms with Gasteiger partial charge in [-0.3, -0.25) is 4.79 Å². The summed E-state index contributed by atoms with van der Waals surface area (Å²) in [6.45, 7) is 2.61. The van der Waals surface area contributed by atoms with Crippen LogP contribution in [0.2, 0.25) is 0 Å². The molecule has 2 N–H and O–H groups in total. The molecule has 15 heavy (non-hydrogen) atoms. The number of carbonyl (C=O) groups excluding carboxylic acids is 1. The lowest BCUT2D eigenvalue weighted by molar-refractivity contribution is -0.117. The van der Waals surface area contributed by atoms with Crippen molar-refractivity contribution >= 4 is 12.0 Å². The van der Waals surface area contributed by atoms with E-state index in [9.17, 15) is 4.79 Å². The molecule has 1 aromatic carbocycles. The van der Waals surface area contributed by atoms with E-state index in [1.165, 1.54) is 0 Å². The summed E-state index contributed by atoms with van der Waals surface area (Å²) in [6.07, 6.45) is 3.88. The average molecular weight is 205 g/mol. The highest BCUT2D eigenvalue weighted by Gasteiger charge is 1.92. The molecule has 3 nitrogen and oxygen atoms in total. The predicted octanol–water partition coefficient (Wildman–Crippen LogP) is 1.97. The maximum atomic E-state index is 10.5. The molecule has 0 atom stereocenters. The van der Waals surface area contributed by atoms with E-state index in [4.69, 9.17) is 10.5 Å². The van der Waals surface area contributed by atoms with Gasteiger partial charge in [-0.05, 0) is 24.6 Å². The molecule has 0 saturated carbocycles. The van der Waals surface area contributed by atoms with Gasteiger partial charge in [0.1, 0.15) is 5.75 Å². The fourth-order valence-electron chi connectivity index (χ4n) is 1.15. The van der Waals surface area contributed by atoms with E-state index in [0.717, 1.165) is 11.3 Å². The van der Waals surface area contributed by atoms with E-state index >= 15 is 0 Å². The maximum absolute atomic E-state index is 10.5. The Balaban J connectivity index is 2.56. The van der Waals surface area contributed by atoms with E-state index < -0.39 is 0 Å². The summed E-state index contributed by atoms with van der Waals surface area (Å²) in [5, 5.41) is 0. The fourth-order valence-corrected chi connectivity index (χ4v) is 1.15. The van der Waals surface area contributed by atoms with E-state index in [1.807, 2.05) is 37.3 Å². The second kappa shape index (κ2) is 5.86. The largest absolute Gasteiger partial charge is 0.494 e. The molecule has 80 valence electrons. The quantitative estimate of drug-likeness (QED) is 0.799. The lowest BCUT2D eigenvalue weighted by Crippen LogP contribution is -2.07. The van der Waals surface area contributed by atoms with Gasteiger partial charge in [0.05, 0.1) is 6.61 Å². The molecule has 0 aliphatic carbocycles. The molecule has 0 bridgehead atoms. The van der Waals surface area contributed by atoms with Crippen LogP contribution in [0.15, 0.2) is 30.3 Å². The lowest BCUT2D eigenvalue weighted by Gasteiger charge is -2.01. The van der Waals surface area contributed by atoms with Crippen molar-refractivity contribution in [2.75, 3.05) is 6.61 Å². The minimum Gasteiger partial charge on any atom is -0.494 e. The summed E-state index contributed by atoms with van der Waals surface area (Å²) >= 11 is 0. The van der Waals surface area contributed by atoms with Crippen LogP contribution in [0.1, 0.15) is 18.9 Å². The smallest absolute Gasteiger partial charge is 0.221 e. The molecule has 3 heteroatoms. The van der Waals surface area contributed by atoms with Crippen molar-refractivity contribution in [3.63, 3.8) is 0 Å². The first-order valence-electron chi connectivity index (χ1n) is 4.90. The summed E-state index contributed by atoms with van der Waals surface area (Å²) in [5.41, 5.74) is 6.04. The van der Waals surface area contributed by atoms with Gasteiger partial charge in [-0.15, -0.1) is 0 Å². The number of rotatable bonds is 5. The SMILES string of the molecule is CCOc1ccc(C=CCC(N)=O)cc1. The van der Waals surface area contributed by atoms with Crippen LogP contribution >= 0.6 is 0 Å². The molecule has 0 fully saturated rings. The highest BCUT2D eigenvalue weighted by atomic mass is 16.5. The summed E-state index contributed by atoms with van der Waals surface area (Å²) in [6, 6.07) is 7.66. The van der Waals surface area contributed by atoms with Gasteiger partial charge >= 0.3 is 0 Å². The van der Waals surface area contributed by atoms with Crippen molar-refractivity contribution in [3.05, 3.63) is 35.9 Å². The molecule has 1 amide bonds. The van der Waals surface area contributed by atoms with Crippen LogP contribution in [0, 0.1) is 0 Å². The van der Waals surface area contributed by atoms with E-state index in [-0.39, 0.29) is 12.3 Å². The molecule has 0 heterocycles. The molecule has 0 unspecified atom stereocenters. The maximum Gasteiger partial charge on any atom is 0.221 e. The molecule has 0 aliphatic heterocycles. The highest BCUT2D eigenvalue weighted by molar-refractivity contribution is 5.76. The Kier molecular flexibility index (Phi) is 4.41. The molecule has 1 rings (SSSR count). The third kappa shape index (κ3) is 4.31. The fraction of sp³-hybridized carbons (Fsp3) is 0.250. The van der Waals surface area contributed by atoms with E-state index in [2.05, 4.69) is 0 Å². The lowest BCUT2D eigenvalue weighted by atomic mass is 10.2. The molecule has 0 aliphatic rings. The van der Waals surface area contributed by atoms with Crippen molar-refractivity contribution < 1.29 is 9.53 Å². The third-order valence-electron chi connectivity index (χ3n) is 1.82. The molecular formula is C12H15NO2. The summed E-state index contributed by atoms with van der Waals surface area (Å²) in [4.78, 5) is 10.5. The molecule has 1 aromatic rings. The van der Waals surface area contributed by atoms with Crippen LogP contribution in [0.3, 0.4) is 0 Å². The number of ether oxygens (including phenoxy) is 1. The van der Waals surface area contributed by atoms with Gasteiger partial charge in [-0.2, -0.15) is 0 Å². The van der Waals surface area contributed by atoms with Gasteiger partial charge in [0, 0.05) is 6.42 Å². The van der Waals surface area contributed by atoms with Gasteiger partial charge < -0.3 is 10.5 Å². The molecule has 0 spiro atoms. The Morgan fingerprint density at radius 3 is 2.60 bits per heavy atom. The Labute approximate surface area is 89.5 Å². The van der Waals surface area contributed by atoms with Crippen LogP contribution in [0.25, 0.3) is 6.08 Å². The zero-order chi connectivity index (χ0) is 11.1. The number of benzene rings is 1. The van der Waals surface area contributed by atoms with Gasteiger partial charge in [0.15, 0.2) is 0 Å². The number of amides is 1. The number of hydrogen-bond acceptors (Lipinski definition) is 2. The Morgan fingerprint density at radius 1 is 1.40 bits per heavy atom. The molecule has 0 saturated heterocycles. The second-order valence-corrected chi connectivity index (χ2v) is 3.07. The Bertz CT molecular complexity index is 341. The van der Waals surface area contributed by atoms with Gasteiger partial charge in [0.2, 0.25) is 5.91 Å². The zero-order valence-electron chi connectivity index (χ0n) is 8.77. The first-order valence-corrected chi connectivity index (χ1v) is 4.90. The summed E-state index contributed by atoms with van der Waals surface area (Å²) in [7, 11) is 0. The van der Waals surface area contributed by atoms with E-state index in [0.29, 0.717) is 6.61 Å². The van der Waals surface area contributed by atoms with E-state index in [1.54, 1.807) is 6.08 Å². The van der Waals surface area contributed by atoms with Crippen molar-refractivity contribution in [2.45, 2.75) is 13.3 Å². The first-order chi connectivity index (χ1) is 7.22. The van der Waals surface area contributed by atoms with Crippen molar-refractivity contribution in [2.24, 2.45) is 5.73 Å². The van der Waals surface area contributed by atoms with Crippen LogP contribution < -0.4 is 10.5 Å². The van der Waals surface area contributed by atoms with Crippen LogP contribution in [0.5, 0.6) is 5.75 Å². The molecule has 0 aromatic heterocycles. The normalized spacial score (nSPS) is 10.5. The monoisotopic (exact) mass is 205 g/mol. The van der Waals surface area contributed by atoms with Crippen LogP contribution in [-0.2, 0) is 4.79 Å². The highest BCUT2D eigenvalue weighted by Crippen LogP contribution is 2.13. The standard InChI is InChI=1S/C12H15NO2/c1-2-15-11-8-6-10(7-9-11)4-3-5-12(13)14/h3-4,6-9H,2,5H2,1H3,(H2,13,14). The van der Waals surface area contributed by atoms with Gasteiger partial charge in [-0.1, -0.05) is 24.3 Å². The number of nitrogens with two attached hydrogens (primary N) is 1. The number of carbonyl (C=O) groups is 1. The second-order valence-electron chi connectivity index (χ2n) is 3.07. The van der Waals surface area contributed by atoms with Gasteiger partial charge in [-0.25, -0.2) is 0 Å². The van der Waals surface area contributed by atoms with Crippen LogP contribution in [0.4, 0.5) is 0 Å². The summed E-state index contributed by atoms with van der Waals surface area (Å²) < 4.78 is 5.31. The predicted molar refractivity (Wildman–Crippen MR) is 60.5 cm³/mol. The number of primary amides is 1. The van der Waals surface area contributed by atoms with Crippen molar-refractivity contribution in [3.8, 4) is 5.75 Å². The topological polar surface area (TPSA) is 52.3 Å². The van der Waals surface area contributed by atoms with Crippen molar-refractivity contribution in [1.29, 1.82) is 0 Å². The molecular weight excluding hydrogens is 190 g/mol. The minimum absolute atomic E-state index is 0.271. The number of hydrogen-bond donors (Lipinski definition) is 1. The first kappa shape index (κ1) is 11.3. The average Bonchev–Trinajstić information content (AvgIpc) is 2.20. The Morgan fingerprint density at radius 2 is 2.07 bits per heavy atom. The minimum atomic E-state index is -0.322. The van der Waals surface area contributed by atoms with Crippen LogP contribution in [-0.4, -0.2) is 12.5 Å². The third-order valence-corrected chi connectivity index (χ3v) is 1.82. The van der Waals surface area contributed by atoms with Gasteiger partial charge in [0.25, 0.3) is 0 Å². The molecule has 0 radical (unpaired) electrons. The summed E-state index contributed by atoms with van der Waals surface area (Å²) in [5.74, 6) is 0.529. The zero-order valence-corrected chi connectivity index (χ0v) is 8.77.